The molecule has 0 spiro atoms. The number of imidazole rings is 1. The number of thiophene rings is 1. The highest BCUT2D eigenvalue weighted by molar-refractivity contribution is 7.18. The molecule has 0 radical (unpaired) electrons. The minimum Gasteiger partial charge on any atom is -0.331 e. The van der Waals surface area contributed by atoms with Crippen molar-refractivity contribution < 1.29 is 0 Å². The SMILES string of the molecule is C[C@H]1CCc2c(sc3nc(Cc4nc5ccccc5n4C)[nH]c(=O)c23)C1. The summed E-state index contributed by atoms with van der Waals surface area (Å²) in [6.07, 6.45) is 3.73. The van der Waals surface area contributed by atoms with Gasteiger partial charge < -0.3 is 9.55 Å². The second-order valence-electron chi connectivity index (χ2n) is 7.30. The summed E-state index contributed by atoms with van der Waals surface area (Å²) in [6.45, 7) is 2.28. The third kappa shape index (κ3) is 2.40. The average Bonchev–Trinajstić information content (AvgIpc) is 3.13. The van der Waals surface area contributed by atoms with Crippen molar-refractivity contribution in [1.29, 1.82) is 0 Å². The number of para-hydroxylation sites is 2. The number of rotatable bonds is 2. The first-order valence-corrected chi connectivity index (χ1v) is 9.85. The van der Waals surface area contributed by atoms with Crippen LogP contribution in [-0.2, 0) is 26.3 Å². The molecule has 1 aromatic carbocycles. The molecule has 26 heavy (non-hydrogen) atoms. The molecule has 1 N–H and O–H groups in total. The molecular weight excluding hydrogens is 344 g/mol. The second kappa shape index (κ2) is 5.77. The predicted molar refractivity (Wildman–Crippen MR) is 105 cm³/mol. The highest BCUT2D eigenvalue weighted by Gasteiger charge is 2.23. The van der Waals surface area contributed by atoms with Gasteiger partial charge in [-0.1, -0.05) is 19.1 Å². The van der Waals surface area contributed by atoms with E-state index in [1.807, 2.05) is 25.2 Å². The maximum atomic E-state index is 12.7. The normalized spacial score (nSPS) is 17.1. The molecule has 0 saturated carbocycles. The Labute approximate surface area is 154 Å². The van der Waals surface area contributed by atoms with Gasteiger partial charge in [0.25, 0.3) is 5.56 Å². The van der Waals surface area contributed by atoms with Gasteiger partial charge in [-0.15, -0.1) is 11.3 Å². The van der Waals surface area contributed by atoms with E-state index in [4.69, 9.17) is 9.97 Å². The van der Waals surface area contributed by atoms with E-state index in [-0.39, 0.29) is 5.56 Å². The van der Waals surface area contributed by atoms with Crippen LogP contribution in [0.2, 0.25) is 0 Å². The van der Waals surface area contributed by atoms with Gasteiger partial charge in [-0.2, -0.15) is 0 Å². The van der Waals surface area contributed by atoms with Crippen LogP contribution in [0.1, 0.15) is 35.4 Å². The summed E-state index contributed by atoms with van der Waals surface area (Å²) in [5.41, 5.74) is 3.28. The Morgan fingerprint density at radius 1 is 1.31 bits per heavy atom. The standard InChI is InChI=1S/C20H20N4OS/c1-11-7-8-12-15(9-11)26-20-18(12)19(25)22-16(23-20)10-17-21-13-5-3-4-6-14(13)24(17)2/h3-6,11H,7-10H2,1-2H3,(H,22,23,25)/t11-/m0/s1. The number of nitrogens with one attached hydrogen (secondary N) is 1. The van der Waals surface area contributed by atoms with Gasteiger partial charge in [0.2, 0.25) is 0 Å². The number of hydrogen-bond donors (Lipinski definition) is 1. The summed E-state index contributed by atoms with van der Waals surface area (Å²) >= 11 is 1.69. The van der Waals surface area contributed by atoms with Gasteiger partial charge in [0, 0.05) is 11.9 Å². The first kappa shape index (κ1) is 15.8. The maximum Gasteiger partial charge on any atom is 0.259 e. The van der Waals surface area contributed by atoms with E-state index in [0.29, 0.717) is 18.2 Å². The molecule has 0 bridgehead atoms. The zero-order valence-electron chi connectivity index (χ0n) is 14.9. The summed E-state index contributed by atoms with van der Waals surface area (Å²) < 4.78 is 2.07. The largest absolute Gasteiger partial charge is 0.331 e. The summed E-state index contributed by atoms with van der Waals surface area (Å²) in [5.74, 6) is 2.28. The van der Waals surface area contributed by atoms with Crippen LogP contribution in [0.5, 0.6) is 0 Å². The second-order valence-corrected chi connectivity index (χ2v) is 8.38. The molecule has 132 valence electrons. The molecule has 0 fully saturated rings. The fourth-order valence-electron chi connectivity index (χ4n) is 3.98. The molecule has 3 aromatic heterocycles. The predicted octanol–water partition coefficient (Wildman–Crippen LogP) is 3.59. The Balaban J connectivity index is 1.59. The molecule has 3 heterocycles. The number of aryl methyl sites for hydroxylation is 2. The summed E-state index contributed by atoms with van der Waals surface area (Å²) in [7, 11) is 2.01. The van der Waals surface area contributed by atoms with Gasteiger partial charge in [0.15, 0.2) is 0 Å². The van der Waals surface area contributed by atoms with Crippen LogP contribution >= 0.6 is 11.3 Å². The van der Waals surface area contributed by atoms with Crippen LogP contribution in [0.25, 0.3) is 21.3 Å². The molecule has 1 aliphatic rings. The molecule has 5 rings (SSSR count). The lowest BCUT2D eigenvalue weighted by molar-refractivity contribution is 0.509. The molecule has 6 heteroatoms. The molecule has 1 aliphatic carbocycles. The van der Waals surface area contributed by atoms with Gasteiger partial charge in [-0.25, -0.2) is 9.97 Å². The molecule has 0 unspecified atom stereocenters. The third-order valence-electron chi connectivity index (χ3n) is 5.42. The van der Waals surface area contributed by atoms with Crippen LogP contribution < -0.4 is 5.56 Å². The van der Waals surface area contributed by atoms with Gasteiger partial charge in [0.05, 0.1) is 22.8 Å². The quantitative estimate of drug-likeness (QED) is 0.591. The van der Waals surface area contributed by atoms with E-state index in [1.54, 1.807) is 11.3 Å². The van der Waals surface area contributed by atoms with E-state index in [1.165, 1.54) is 10.4 Å². The first-order valence-electron chi connectivity index (χ1n) is 9.04. The molecule has 4 aromatic rings. The summed E-state index contributed by atoms with van der Waals surface area (Å²) in [4.78, 5) is 27.4. The molecule has 0 saturated heterocycles. The van der Waals surface area contributed by atoms with Crippen LogP contribution in [0.15, 0.2) is 29.1 Å². The van der Waals surface area contributed by atoms with Crippen LogP contribution in [0.3, 0.4) is 0 Å². The Kier molecular flexibility index (Phi) is 3.50. The van der Waals surface area contributed by atoms with E-state index >= 15 is 0 Å². The summed E-state index contributed by atoms with van der Waals surface area (Å²) in [5, 5.41) is 0.811. The number of hydrogen-bond acceptors (Lipinski definition) is 4. The van der Waals surface area contributed by atoms with Crippen molar-refractivity contribution in [3.8, 4) is 0 Å². The zero-order valence-corrected chi connectivity index (χ0v) is 15.7. The molecule has 5 nitrogen and oxygen atoms in total. The monoisotopic (exact) mass is 364 g/mol. The van der Waals surface area contributed by atoms with Crippen LogP contribution in [0.4, 0.5) is 0 Å². The van der Waals surface area contributed by atoms with Crippen molar-refractivity contribution in [2.24, 2.45) is 13.0 Å². The lowest BCUT2D eigenvalue weighted by atomic mass is 9.89. The molecule has 0 amide bonds. The van der Waals surface area contributed by atoms with Gasteiger partial charge in [-0.05, 0) is 42.9 Å². The fourth-order valence-corrected chi connectivity index (χ4v) is 5.38. The van der Waals surface area contributed by atoms with Crippen molar-refractivity contribution in [3.63, 3.8) is 0 Å². The van der Waals surface area contributed by atoms with Crippen molar-refractivity contribution in [1.82, 2.24) is 19.5 Å². The average molecular weight is 364 g/mol. The van der Waals surface area contributed by atoms with Crippen molar-refractivity contribution in [2.75, 3.05) is 0 Å². The number of aromatic nitrogens is 4. The van der Waals surface area contributed by atoms with Crippen LogP contribution in [0, 0.1) is 5.92 Å². The number of aromatic amines is 1. The Hall–Kier alpha value is -2.47. The summed E-state index contributed by atoms with van der Waals surface area (Å²) in [6, 6.07) is 8.06. The van der Waals surface area contributed by atoms with Gasteiger partial charge >= 0.3 is 0 Å². The number of benzene rings is 1. The molecular formula is C20H20N4OS. The molecule has 0 aliphatic heterocycles. The number of fused-ring (bicyclic) bond motifs is 4. The smallest absolute Gasteiger partial charge is 0.259 e. The fraction of sp³-hybridized carbons (Fsp3) is 0.350. The van der Waals surface area contributed by atoms with E-state index in [2.05, 4.69) is 22.5 Å². The Morgan fingerprint density at radius 2 is 2.15 bits per heavy atom. The number of nitrogens with zero attached hydrogens (tertiary/aromatic N) is 3. The van der Waals surface area contributed by atoms with Gasteiger partial charge in [0.1, 0.15) is 16.5 Å². The lowest BCUT2D eigenvalue weighted by Gasteiger charge is -2.17. The highest BCUT2D eigenvalue weighted by atomic mass is 32.1. The zero-order chi connectivity index (χ0) is 17.8. The van der Waals surface area contributed by atoms with E-state index in [0.717, 1.165) is 46.3 Å². The van der Waals surface area contributed by atoms with Crippen LogP contribution in [-0.4, -0.2) is 19.5 Å². The lowest BCUT2D eigenvalue weighted by Crippen LogP contribution is -2.15. The Bertz CT molecular complexity index is 1200. The van der Waals surface area contributed by atoms with E-state index in [9.17, 15) is 4.79 Å². The van der Waals surface area contributed by atoms with Gasteiger partial charge in [-0.3, -0.25) is 4.79 Å². The molecule has 1 atom stereocenters. The van der Waals surface area contributed by atoms with E-state index < -0.39 is 0 Å². The minimum absolute atomic E-state index is 0.00387. The topological polar surface area (TPSA) is 63.6 Å². The minimum atomic E-state index is -0.00387. The maximum absolute atomic E-state index is 12.7. The van der Waals surface area contributed by atoms with Crippen molar-refractivity contribution in [3.05, 3.63) is 56.7 Å². The van der Waals surface area contributed by atoms with Crippen molar-refractivity contribution in [2.45, 2.75) is 32.6 Å². The van der Waals surface area contributed by atoms with Crippen molar-refractivity contribution >= 4 is 32.6 Å². The number of H-pyrrole nitrogens is 1. The first-order chi connectivity index (χ1) is 12.6. The highest BCUT2D eigenvalue weighted by Crippen LogP contribution is 2.35. The Morgan fingerprint density at radius 3 is 3.00 bits per heavy atom. The third-order valence-corrected chi connectivity index (χ3v) is 6.57.